The van der Waals surface area contributed by atoms with Gasteiger partial charge in [0.2, 0.25) is 17.6 Å². The standard InChI is InChI=1S/C35H61N5O7S/c1-21(2)26(20-48(46,47)34(4,5)6)38-33(45)39-28(24-15-10-9-11-16-24)32(44)40-19-22(3)35(7,8)18-27(40)31(43)37-25(29(41)30(36)42)17-23-13-12-14-23/h21-28H,9-20H2,1-8H3,(H2,36,42)(H,37,43)(H2,38,39,45)/t22?,25?,26-,27+,28+/m1/s1. The number of nitrogens with one attached hydrogen (secondary N) is 3. The summed E-state index contributed by atoms with van der Waals surface area (Å²) in [5, 5.41) is 8.56. The first-order valence-corrected chi connectivity index (χ1v) is 19.5. The number of hydrogen-bond acceptors (Lipinski definition) is 7. The first-order chi connectivity index (χ1) is 22.1. The van der Waals surface area contributed by atoms with Crippen LogP contribution >= 0.6 is 0 Å². The van der Waals surface area contributed by atoms with Gasteiger partial charge in [-0.05, 0) is 75.5 Å². The van der Waals surface area contributed by atoms with Gasteiger partial charge in [0.1, 0.15) is 12.1 Å². The molecule has 5 atom stereocenters. The number of amides is 5. The normalized spacial score (nSPS) is 24.1. The second kappa shape index (κ2) is 15.9. The predicted molar refractivity (Wildman–Crippen MR) is 185 cm³/mol. The van der Waals surface area contributed by atoms with Crippen LogP contribution in [-0.4, -0.2) is 84.1 Å². The van der Waals surface area contributed by atoms with E-state index >= 15 is 0 Å². The number of nitrogens with two attached hydrogens (primary N) is 1. The minimum atomic E-state index is -3.55. The molecule has 0 aromatic carbocycles. The molecule has 1 aliphatic heterocycles. The molecular formula is C35H61N5O7S. The van der Waals surface area contributed by atoms with Crippen molar-refractivity contribution < 1.29 is 32.4 Å². The highest BCUT2D eigenvalue weighted by Gasteiger charge is 2.47. The highest BCUT2D eigenvalue weighted by molar-refractivity contribution is 7.92. The third-order valence-electron chi connectivity index (χ3n) is 11.3. The van der Waals surface area contributed by atoms with Crippen LogP contribution in [0.4, 0.5) is 4.79 Å². The number of carbonyl (C=O) groups is 5. The molecule has 2 aliphatic carbocycles. The Labute approximate surface area is 287 Å². The van der Waals surface area contributed by atoms with Gasteiger partial charge in [-0.15, -0.1) is 0 Å². The molecule has 5 amide bonds. The molecule has 3 aliphatic rings. The van der Waals surface area contributed by atoms with Gasteiger partial charge in [0.05, 0.1) is 16.5 Å². The Morgan fingerprint density at radius 2 is 1.52 bits per heavy atom. The second-order valence-corrected chi connectivity index (χ2v) is 19.4. The van der Waals surface area contributed by atoms with Crippen molar-refractivity contribution >= 4 is 39.4 Å². The van der Waals surface area contributed by atoms with Gasteiger partial charge in [-0.2, -0.15) is 0 Å². The zero-order chi connectivity index (χ0) is 36.2. The van der Waals surface area contributed by atoms with Gasteiger partial charge in [0.15, 0.2) is 9.84 Å². The van der Waals surface area contributed by atoms with Crippen LogP contribution in [0.1, 0.15) is 120 Å². The molecule has 12 nitrogen and oxygen atoms in total. The molecule has 48 heavy (non-hydrogen) atoms. The molecule has 13 heteroatoms. The molecule has 0 spiro atoms. The van der Waals surface area contributed by atoms with Crippen molar-refractivity contribution in [1.29, 1.82) is 0 Å². The van der Waals surface area contributed by atoms with E-state index in [1.165, 1.54) is 0 Å². The van der Waals surface area contributed by atoms with E-state index in [-0.39, 0.29) is 47.3 Å². The van der Waals surface area contributed by atoms with Crippen LogP contribution in [0.5, 0.6) is 0 Å². The number of Topliss-reactive ketones (excluding diaryl/α,β-unsaturated/α-hetero) is 1. The molecule has 0 aromatic rings. The molecule has 1 saturated heterocycles. The molecule has 5 N–H and O–H groups in total. The summed E-state index contributed by atoms with van der Waals surface area (Å²) in [6.07, 6.45) is 7.79. The molecule has 2 saturated carbocycles. The van der Waals surface area contributed by atoms with Gasteiger partial charge in [0, 0.05) is 12.6 Å². The van der Waals surface area contributed by atoms with E-state index in [4.69, 9.17) is 5.73 Å². The largest absolute Gasteiger partial charge is 0.363 e. The Morgan fingerprint density at radius 3 is 2.02 bits per heavy atom. The van der Waals surface area contributed by atoms with E-state index in [2.05, 4.69) is 16.0 Å². The van der Waals surface area contributed by atoms with E-state index < -0.39 is 62.4 Å². The Bertz CT molecular complexity index is 1300. The molecule has 0 aromatic heterocycles. The summed E-state index contributed by atoms with van der Waals surface area (Å²) in [6.45, 7) is 15.0. The monoisotopic (exact) mass is 695 g/mol. The molecule has 3 fully saturated rings. The summed E-state index contributed by atoms with van der Waals surface area (Å²) in [4.78, 5) is 68.4. The number of nitrogens with zero attached hydrogens (tertiary/aromatic N) is 1. The second-order valence-electron chi connectivity index (χ2n) is 16.7. The third kappa shape index (κ3) is 9.94. The Kier molecular flexibility index (Phi) is 13.2. The van der Waals surface area contributed by atoms with E-state index in [0.717, 1.165) is 51.4 Å². The summed E-state index contributed by atoms with van der Waals surface area (Å²) >= 11 is 0. The van der Waals surface area contributed by atoms with Crippen LogP contribution < -0.4 is 21.7 Å². The quantitative estimate of drug-likeness (QED) is 0.213. The molecule has 2 unspecified atom stereocenters. The zero-order valence-corrected chi connectivity index (χ0v) is 31.2. The highest BCUT2D eigenvalue weighted by atomic mass is 32.2. The number of likely N-dealkylation sites (tertiary alicyclic amines) is 1. The lowest BCUT2D eigenvalue weighted by Gasteiger charge is -2.48. The first-order valence-electron chi connectivity index (χ1n) is 17.9. The molecule has 274 valence electrons. The van der Waals surface area contributed by atoms with Gasteiger partial charge >= 0.3 is 6.03 Å². The van der Waals surface area contributed by atoms with Crippen molar-refractivity contribution in [2.75, 3.05) is 12.3 Å². The first kappa shape index (κ1) is 39.7. The molecule has 0 bridgehead atoms. The number of urea groups is 1. The van der Waals surface area contributed by atoms with E-state index in [0.29, 0.717) is 12.8 Å². The topological polar surface area (TPSA) is 185 Å². The summed E-state index contributed by atoms with van der Waals surface area (Å²) in [7, 11) is -3.55. The minimum absolute atomic E-state index is 0.0253. The van der Waals surface area contributed by atoms with Gasteiger partial charge in [-0.1, -0.05) is 73.1 Å². The summed E-state index contributed by atoms with van der Waals surface area (Å²) in [5.74, 6) is -3.19. The van der Waals surface area contributed by atoms with E-state index in [1.807, 2.05) is 34.6 Å². The van der Waals surface area contributed by atoms with Crippen molar-refractivity contribution in [2.45, 2.75) is 149 Å². The molecule has 1 heterocycles. The number of carbonyl (C=O) groups excluding carboxylic acids is 5. The third-order valence-corrected chi connectivity index (χ3v) is 13.9. The Balaban J connectivity index is 1.89. The summed E-state index contributed by atoms with van der Waals surface area (Å²) in [6, 6.07) is -4.22. The van der Waals surface area contributed by atoms with Crippen molar-refractivity contribution in [1.82, 2.24) is 20.9 Å². The lowest BCUT2D eigenvalue weighted by molar-refractivity contribution is -0.150. The number of primary amides is 1. The van der Waals surface area contributed by atoms with Gasteiger partial charge in [-0.25, -0.2) is 13.2 Å². The summed E-state index contributed by atoms with van der Waals surface area (Å²) < 4.78 is 25.1. The highest BCUT2D eigenvalue weighted by Crippen LogP contribution is 2.40. The van der Waals surface area contributed by atoms with Crippen molar-refractivity contribution in [2.24, 2.45) is 34.8 Å². The maximum Gasteiger partial charge on any atom is 0.315 e. The van der Waals surface area contributed by atoms with Gasteiger partial charge in [-0.3, -0.25) is 19.2 Å². The average Bonchev–Trinajstić information content (AvgIpc) is 2.96. The smallest absolute Gasteiger partial charge is 0.315 e. The van der Waals surface area contributed by atoms with Gasteiger partial charge in [0.25, 0.3) is 5.91 Å². The lowest BCUT2D eigenvalue weighted by atomic mass is 9.71. The summed E-state index contributed by atoms with van der Waals surface area (Å²) in [5.41, 5.74) is 5.04. The van der Waals surface area contributed by atoms with Crippen LogP contribution in [0, 0.1) is 29.1 Å². The number of sulfone groups is 1. The predicted octanol–water partition coefficient (Wildman–Crippen LogP) is 3.47. The van der Waals surface area contributed by atoms with Crippen LogP contribution in [0.3, 0.4) is 0 Å². The molecular weight excluding hydrogens is 634 g/mol. The molecule has 3 rings (SSSR count). The van der Waals surface area contributed by atoms with Gasteiger partial charge < -0.3 is 26.6 Å². The molecule has 0 radical (unpaired) electrons. The number of piperidine rings is 1. The lowest BCUT2D eigenvalue weighted by Crippen LogP contribution is -2.64. The fourth-order valence-electron chi connectivity index (χ4n) is 6.96. The van der Waals surface area contributed by atoms with Crippen LogP contribution in [-0.2, 0) is 29.0 Å². The number of ketones is 1. The fourth-order valence-corrected chi connectivity index (χ4v) is 8.40. The zero-order valence-electron chi connectivity index (χ0n) is 30.4. The Hall–Kier alpha value is -2.70. The van der Waals surface area contributed by atoms with Crippen molar-refractivity contribution in [3.05, 3.63) is 0 Å². The fraction of sp³-hybridized carbons (Fsp3) is 0.857. The maximum absolute atomic E-state index is 14.6. The van der Waals surface area contributed by atoms with E-state index in [9.17, 15) is 32.4 Å². The average molecular weight is 696 g/mol. The SMILES string of the molecule is CC(C)[C@@H](CS(=O)(=O)C(C)(C)C)NC(=O)N[C@H](C(=O)N1CC(C)C(C)(C)C[C@H]1C(=O)NC(CC1CCC1)C(=O)C(N)=O)C1CCCCC1. The van der Waals surface area contributed by atoms with Crippen LogP contribution in [0.2, 0.25) is 0 Å². The van der Waals surface area contributed by atoms with Crippen LogP contribution in [0.25, 0.3) is 0 Å². The van der Waals surface area contributed by atoms with Crippen molar-refractivity contribution in [3.63, 3.8) is 0 Å². The minimum Gasteiger partial charge on any atom is -0.363 e. The van der Waals surface area contributed by atoms with Crippen LogP contribution in [0.15, 0.2) is 0 Å². The number of hydrogen-bond donors (Lipinski definition) is 4. The van der Waals surface area contributed by atoms with E-state index in [1.54, 1.807) is 25.7 Å². The number of rotatable bonds is 13. The maximum atomic E-state index is 14.6. The Morgan fingerprint density at radius 1 is 0.917 bits per heavy atom. The van der Waals surface area contributed by atoms with Crippen molar-refractivity contribution in [3.8, 4) is 0 Å².